The standard InChI is InChI=1S/C32H28F4/c1-3-4-6-11-27-28(33)19-26(20-29(27)34)32-30(35)17-25(18-31(32)36)24-14-12-22(13-15-24)16-21(2)23-9-7-5-8-10-23/h3-5,7-10,12-15,17-21H,6,11,16H2,1-2H3/b4-3+. The third-order valence-corrected chi connectivity index (χ3v) is 6.47. The molecule has 0 spiro atoms. The average molecular weight is 489 g/mol. The molecule has 36 heavy (non-hydrogen) atoms. The topological polar surface area (TPSA) is 0 Å². The van der Waals surface area contributed by atoms with Crippen LogP contribution in [0.1, 0.15) is 42.9 Å². The highest BCUT2D eigenvalue weighted by atomic mass is 19.1. The van der Waals surface area contributed by atoms with E-state index in [9.17, 15) is 8.78 Å². The molecule has 1 unspecified atom stereocenters. The van der Waals surface area contributed by atoms with Gasteiger partial charge in [0.15, 0.2) is 0 Å². The number of hydrogen-bond donors (Lipinski definition) is 0. The Hall–Kier alpha value is -3.66. The van der Waals surface area contributed by atoms with Gasteiger partial charge in [-0.3, -0.25) is 0 Å². The van der Waals surface area contributed by atoms with Crippen LogP contribution in [0.4, 0.5) is 17.6 Å². The molecule has 4 heteroatoms. The summed E-state index contributed by atoms with van der Waals surface area (Å²) in [6.45, 7) is 3.99. The van der Waals surface area contributed by atoms with Crippen LogP contribution in [0.15, 0.2) is 91.0 Å². The van der Waals surface area contributed by atoms with Gasteiger partial charge >= 0.3 is 0 Å². The summed E-state index contributed by atoms with van der Waals surface area (Å²) in [6.07, 6.45) is 5.10. The maximum Gasteiger partial charge on any atom is 0.134 e. The number of benzene rings is 4. The molecule has 184 valence electrons. The van der Waals surface area contributed by atoms with E-state index in [0.717, 1.165) is 24.1 Å². The van der Waals surface area contributed by atoms with Gasteiger partial charge in [-0.2, -0.15) is 0 Å². The summed E-state index contributed by atoms with van der Waals surface area (Å²) >= 11 is 0. The third kappa shape index (κ3) is 5.76. The van der Waals surface area contributed by atoms with Crippen LogP contribution in [-0.4, -0.2) is 0 Å². The highest BCUT2D eigenvalue weighted by Gasteiger charge is 2.18. The molecule has 0 aliphatic rings. The van der Waals surface area contributed by atoms with Crippen LogP contribution < -0.4 is 0 Å². The van der Waals surface area contributed by atoms with Gasteiger partial charge in [0.2, 0.25) is 0 Å². The van der Waals surface area contributed by atoms with Gasteiger partial charge in [-0.05, 0) is 84.2 Å². The second-order valence-corrected chi connectivity index (χ2v) is 9.05. The minimum absolute atomic E-state index is 0.0871. The molecule has 4 rings (SSSR count). The molecule has 0 saturated carbocycles. The lowest BCUT2D eigenvalue weighted by molar-refractivity contribution is 0.554. The molecular weight excluding hydrogens is 460 g/mol. The average Bonchev–Trinajstić information content (AvgIpc) is 2.86. The summed E-state index contributed by atoms with van der Waals surface area (Å²) in [6, 6.07) is 22.2. The van der Waals surface area contributed by atoms with Crippen LogP contribution in [0.25, 0.3) is 22.3 Å². The van der Waals surface area contributed by atoms with Gasteiger partial charge in [0.05, 0.1) is 5.56 Å². The van der Waals surface area contributed by atoms with Gasteiger partial charge in [0, 0.05) is 5.56 Å². The fourth-order valence-corrected chi connectivity index (χ4v) is 4.48. The van der Waals surface area contributed by atoms with Crippen molar-refractivity contribution in [3.63, 3.8) is 0 Å². The van der Waals surface area contributed by atoms with Gasteiger partial charge in [0.25, 0.3) is 0 Å². The summed E-state index contributed by atoms with van der Waals surface area (Å²) in [4.78, 5) is 0. The maximum atomic E-state index is 15.0. The van der Waals surface area contributed by atoms with Crippen molar-refractivity contribution in [3.8, 4) is 22.3 Å². The quantitative estimate of drug-likeness (QED) is 0.171. The van der Waals surface area contributed by atoms with Crippen molar-refractivity contribution in [2.45, 2.75) is 39.0 Å². The first-order valence-corrected chi connectivity index (χ1v) is 12.1. The van der Waals surface area contributed by atoms with Crippen LogP contribution in [0, 0.1) is 23.3 Å². The van der Waals surface area contributed by atoms with Gasteiger partial charge < -0.3 is 0 Å². The highest BCUT2D eigenvalue weighted by molar-refractivity contribution is 5.72. The zero-order valence-corrected chi connectivity index (χ0v) is 20.4. The fourth-order valence-electron chi connectivity index (χ4n) is 4.48. The van der Waals surface area contributed by atoms with E-state index in [4.69, 9.17) is 0 Å². The van der Waals surface area contributed by atoms with E-state index in [2.05, 4.69) is 19.1 Å². The second-order valence-electron chi connectivity index (χ2n) is 9.05. The van der Waals surface area contributed by atoms with E-state index in [0.29, 0.717) is 23.5 Å². The second kappa shape index (κ2) is 11.4. The zero-order valence-electron chi connectivity index (χ0n) is 20.4. The highest BCUT2D eigenvalue weighted by Crippen LogP contribution is 2.33. The maximum absolute atomic E-state index is 15.0. The lowest BCUT2D eigenvalue weighted by atomic mass is 9.92. The van der Waals surface area contributed by atoms with Gasteiger partial charge in [-0.1, -0.05) is 73.7 Å². The Kier molecular flexibility index (Phi) is 8.04. The van der Waals surface area contributed by atoms with E-state index in [-0.39, 0.29) is 17.5 Å². The first-order valence-electron chi connectivity index (χ1n) is 12.1. The molecule has 0 amide bonds. The minimum Gasteiger partial charge on any atom is -0.207 e. The monoisotopic (exact) mass is 488 g/mol. The van der Waals surface area contributed by atoms with Crippen molar-refractivity contribution in [1.82, 2.24) is 0 Å². The van der Waals surface area contributed by atoms with E-state index in [1.165, 1.54) is 17.7 Å². The molecule has 0 fully saturated rings. The Balaban J connectivity index is 1.56. The molecule has 0 aliphatic heterocycles. The normalized spacial score (nSPS) is 12.3. The Morgan fingerprint density at radius 3 is 1.86 bits per heavy atom. The number of hydrogen-bond acceptors (Lipinski definition) is 0. The first kappa shape index (κ1) is 25.4. The van der Waals surface area contributed by atoms with Gasteiger partial charge in [-0.25, -0.2) is 17.6 Å². The molecule has 0 nitrogen and oxygen atoms in total. The predicted molar refractivity (Wildman–Crippen MR) is 139 cm³/mol. The summed E-state index contributed by atoms with van der Waals surface area (Å²) < 4.78 is 59.2. The molecule has 4 aromatic carbocycles. The van der Waals surface area contributed by atoms with Crippen molar-refractivity contribution in [2.24, 2.45) is 0 Å². The Bertz CT molecular complexity index is 1310. The molecule has 0 N–H and O–H groups in total. The SMILES string of the molecule is C/C=C/CCc1c(F)cc(-c2c(F)cc(-c3ccc(CC(C)c4ccccc4)cc3)cc2F)cc1F. The lowest BCUT2D eigenvalue weighted by Crippen LogP contribution is -1.99. The molecule has 0 heterocycles. The first-order chi connectivity index (χ1) is 17.4. The van der Waals surface area contributed by atoms with Crippen molar-refractivity contribution in [1.29, 1.82) is 0 Å². The Morgan fingerprint density at radius 1 is 0.694 bits per heavy atom. The number of rotatable bonds is 8. The van der Waals surface area contributed by atoms with Crippen molar-refractivity contribution < 1.29 is 17.6 Å². The van der Waals surface area contributed by atoms with Crippen LogP contribution in [0.5, 0.6) is 0 Å². The van der Waals surface area contributed by atoms with Gasteiger partial charge in [0.1, 0.15) is 23.3 Å². The van der Waals surface area contributed by atoms with Gasteiger partial charge in [-0.15, -0.1) is 0 Å². The summed E-state index contributed by atoms with van der Waals surface area (Å²) in [5, 5.41) is 0. The van der Waals surface area contributed by atoms with E-state index < -0.39 is 28.8 Å². The third-order valence-electron chi connectivity index (χ3n) is 6.47. The summed E-state index contributed by atoms with van der Waals surface area (Å²) in [5.74, 6) is -3.02. The molecular formula is C32H28F4. The zero-order chi connectivity index (χ0) is 25.7. The summed E-state index contributed by atoms with van der Waals surface area (Å²) in [5.41, 5.74) is 2.70. The molecule has 0 radical (unpaired) electrons. The van der Waals surface area contributed by atoms with E-state index in [1.807, 2.05) is 49.4 Å². The Morgan fingerprint density at radius 2 is 1.28 bits per heavy atom. The molecule has 0 aromatic heterocycles. The van der Waals surface area contributed by atoms with E-state index in [1.54, 1.807) is 12.2 Å². The summed E-state index contributed by atoms with van der Waals surface area (Å²) in [7, 11) is 0. The minimum atomic E-state index is -0.868. The fraction of sp³-hybridized carbons (Fsp3) is 0.188. The molecule has 0 saturated heterocycles. The van der Waals surface area contributed by atoms with Crippen LogP contribution >= 0.6 is 0 Å². The van der Waals surface area contributed by atoms with Crippen LogP contribution in [0.2, 0.25) is 0 Å². The number of allylic oxidation sites excluding steroid dienone is 2. The predicted octanol–water partition coefficient (Wildman–Crippen LogP) is 9.43. The lowest BCUT2D eigenvalue weighted by Gasteiger charge is -2.13. The number of halogens is 4. The van der Waals surface area contributed by atoms with Crippen LogP contribution in [-0.2, 0) is 12.8 Å². The molecule has 4 aromatic rings. The van der Waals surface area contributed by atoms with Crippen molar-refractivity contribution >= 4 is 0 Å². The van der Waals surface area contributed by atoms with E-state index >= 15 is 8.78 Å². The Labute approximate surface area is 209 Å². The van der Waals surface area contributed by atoms with Crippen LogP contribution in [0.3, 0.4) is 0 Å². The molecule has 0 bridgehead atoms. The van der Waals surface area contributed by atoms with Crippen molar-refractivity contribution in [3.05, 3.63) is 131 Å². The molecule has 1 atom stereocenters. The smallest absolute Gasteiger partial charge is 0.134 e. The van der Waals surface area contributed by atoms with Crippen molar-refractivity contribution in [2.75, 3.05) is 0 Å². The largest absolute Gasteiger partial charge is 0.207 e. The molecule has 0 aliphatic carbocycles.